The summed E-state index contributed by atoms with van der Waals surface area (Å²) >= 11 is 0. The third kappa shape index (κ3) is 17.9. The topological polar surface area (TPSA) is 84.8 Å². The molecule has 0 aromatic carbocycles. The quantitative estimate of drug-likeness (QED) is 0.0912. The van der Waals surface area contributed by atoms with Gasteiger partial charge in [0.2, 0.25) is 0 Å². The minimum absolute atomic E-state index is 0. The zero-order valence-electron chi connectivity index (χ0n) is 56.3. The fourth-order valence-corrected chi connectivity index (χ4v) is 9.47. The van der Waals surface area contributed by atoms with E-state index in [0.717, 1.165) is 31.5 Å². The van der Waals surface area contributed by atoms with Gasteiger partial charge in [0.15, 0.2) is 5.78 Å². The second-order valence-electron chi connectivity index (χ2n) is 23.8. The van der Waals surface area contributed by atoms with E-state index in [2.05, 4.69) is 24.9 Å². The molecule has 7 nitrogen and oxygen atoms in total. The van der Waals surface area contributed by atoms with E-state index in [1.165, 1.54) is 38.9 Å². The van der Waals surface area contributed by atoms with Crippen LogP contribution in [0.1, 0.15) is 62.4 Å². The van der Waals surface area contributed by atoms with Crippen molar-refractivity contribution >= 4 is 39.3 Å². The summed E-state index contributed by atoms with van der Waals surface area (Å²) in [7, 11) is 2.97. The molecule has 10 rings (SSSR count). The van der Waals surface area contributed by atoms with Crippen molar-refractivity contribution in [1.29, 1.82) is 0 Å². The number of ketones is 1. The zero-order chi connectivity index (χ0) is 88.7. The molecule has 5 aliphatic rings. The van der Waals surface area contributed by atoms with Crippen LogP contribution in [0.4, 0.5) is 203 Å². The molecule has 0 unspecified atom stereocenters. The molecule has 5 aromatic heterocycles. The smallest absolute Gasteiger partial charge is 0.379 e. The Kier molecular flexibility index (Phi) is 32.2. The first kappa shape index (κ1) is 111. The molecule has 0 saturated carbocycles. The second kappa shape index (κ2) is 34.5. The van der Waals surface area contributed by atoms with Crippen LogP contribution in [-0.2, 0) is 107 Å². The number of carbonyl (C=O) groups is 1. The third-order valence-electron chi connectivity index (χ3n) is 15.8. The first-order valence-corrected chi connectivity index (χ1v) is 28.8. The predicted molar refractivity (Wildman–Crippen MR) is 292 cm³/mol. The molecule has 0 bridgehead atoms. The molecule has 0 fully saturated rings. The van der Waals surface area contributed by atoms with Crippen LogP contribution in [0.25, 0.3) is 27.9 Å². The molecular weight excluding hydrogens is 2660 g/mol. The maximum atomic E-state index is 13.9. The van der Waals surface area contributed by atoms with Crippen LogP contribution < -0.4 is 4.90 Å². The molecule has 0 N–H and O–H groups in total. The largest absolute Gasteiger partial charge is 0.420 e. The molecule has 5 aliphatic carbocycles. The first-order chi connectivity index (χ1) is 50.6. The number of Topliss-reactive ketones (excluding diaryl/α,β-unsaturated/α-hetero) is 1. The van der Waals surface area contributed by atoms with Crippen molar-refractivity contribution in [1.82, 2.24) is 24.9 Å². The Bertz CT molecular complexity index is 4690. The predicted octanol–water partition coefficient (Wildman–Crippen LogP) is 21.3. The standard InChI is InChI=1S/C14H11F8N2.C14H8F8NO.C12H2F12N.C11H3F9N.C11H4F8N.5Ir/c1-7-6-23-9(4-10(7)24(2)3)8-5-11(15,16)13(19,20)14(21,22)12(8,17)18;1-6-3-10(23-5-8(6)7(2)24)9-4-11(15,16)13(19,20)14(21,22)12(9,17)18;13-6-1-7(25-3-5(6)10(18,19)20)4-2-8(14,15)11(21,22)12(23,24)9(4,16)17;12-5-1-2-21-7(3-5)6-4-8(13,14)10(17,18)11(19,20)9(6,15)16;12-8(13)5-6(7-3-1-2-4-20-7)9(14,15)11(18,19)10(8,16)17;;;;;/h4,6H,1-3H3;3,5H,1-2H3;1,3H;1-3H;1-4H;;;;;/q5*-1;;;;;. The number of nitrogens with zero attached hydrogens (tertiary/aromatic N) is 6. The molecule has 0 atom stereocenters. The van der Waals surface area contributed by atoms with Crippen molar-refractivity contribution in [3.63, 3.8) is 0 Å². The minimum Gasteiger partial charge on any atom is -0.379 e. The summed E-state index contributed by atoms with van der Waals surface area (Å²) in [5, 5.41) is 0. The zero-order valence-corrected chi connectivity index (χ0v) is 68.2. The number of carbonyl (C=O) groups excluding carboxylic acids is 1. The summed E-state index contributed by atoms with van der Waals surface area (Å²) in [5.74, 6) is -125. The Balaban J connectivity index is 0.000000738. The average molecular weight is 2690 g/mol. The Morgan fingerprint density at radius 1 is 0.336 bits per heavy atom. The Hall–Kier alpha value is -5.98. The van der Waals surface area contributed by atoms with Crippen LogP contribution in [0.2, 0.25) is 0 Å². The van der Waals surface area contributed by atoms with Crippen molar-refractivity contribution in [2.24, 2.45) is 0 Å². The van der Waals surface area contributed by atoms with E-state index in [-0.39, 0.29) is 129 Å². The van der Waals surface area contributed by atoms with Gasteiger partial charge in [-0.1, -0.05) is 58.3 Å². The fraction of sp³-hybridized carbons (Fsp3) is 0.419. The molecule has 0 aliphatic heterocycles. The number of aromatic nitrogens is 5. The van der Waals surface area contributed by atoms with Gasteiger partial charge in [-0.3, -0.25) is 4.79 Å². The molecule has 5 radical (unpaired) electrons. The van der Waals surface area contributed by atoms with Crippen molar-refractivity contribution in [2.75, 3.05) is 19.0 Å². The fourth-order valence-electron chi connectivity index (χ4n) is 9.47. The number of hydrogen-bond donors (Lipinski definition) is 0. The number of pyridine rings is 5. The summed E-state index contributed by atoms with van der Waals surface area (Å²) in [6, 6.07) is 4.71. The molecule has 57 heteroatoms. The minimum atomic E-state index is -6.65. The SMILES string of the molecule is CC(=O)c1cnc(C2=[C-]C(F)(F)C(F)(F)C(F)(F)C2(F)F)cc1C.Cc1cnc(C2=[C-]C(F)(F)C(F)(F)C(F)(F)C2(F)F)cc1N(C)C.FC1(F)[C-]=C(c2ccccn2)C(F)(F)C(F)(F)C1(F)F.Fc1cc(C2=[C-]C(F)(F)C(F)(F)C(F)(F)C2(F)F)ncc1C(F)(F)F.Fc1ccnc(C2=[C-]C(F)(F)C(F)(F)C(F)(F)C2(F)F)c1.[Ir].[Ir].[Ir].[Ir].[Ir]. The number of aryl methyl sites for hydroxylation is 2. The van der Waals surface area contributed by atoms with Crippen LogP contribution in [0.5, 0.6) is 0 Å². The van der Waals surface area contributed by atoms with Gasteiger partial charge in [0.1, 0.15) is 17.2 Å². The molecule has 5 heterocycles. The summed E-state index contributed by atoms with van der Waals surface area (Å²) in [5.41, 5.74) is -19.0. The molecule has 677 valence electrons. The number of allylic oxidation sites excluding steroid dienone is 10. The number of anilines is 1. The van der Waals surface area contributed by atoms with E-state index in [1.807, 2.05) is 0 Å². The molecule has 119 heavy (non-hydrogen) atoms. The molecule has 0 spiro atoms. The van der Waals surface area contributed by atoms with Gasteiger partial charge >= 0.3 is 95.0 Å². The van der Waals surface area contributed by atoms with E-state index < -0.39 is 216 Å². The van der Waals surface area contributed by atoms with Gasteiger partial charge < -0.3 is 29.8 Å². The first-order valence-electron chi connectivity index (χ1n) is 28.8. The summed E-state index contributed by atoms with van der Waals surface area (Å²) in [6.45, 7) is 3.84. The van der Waals surface area contributed by atoms with E-state index in [0.29, 0.717) is 60.5 Å². The number of halogens is 45. The normalized spacial score (nSPS) is 23.3. The summed E-state index contributed by atoms with van der Waals surface area (Å²) in [6.07, 6.45) is -0.719. The number of rotatable bonds is 7. The second-order valence-corrected chi connectivity index (χ2v) is 23.8. The number of alkyl halides is 43. The molecular formula is C62H28F45Ir5N6O-5. The van der Waals surface area contributed by atoms with Gasteiger partial charge in [0.25, 0.3) is 29.6 Å². The van der Waals surface area contributed by atoms with Crippen molar-refractivity contribution in [3.05, 3.63) is 172 Å². The van der Waals surface area contributed by atoms with E-state index in [9.17, 15) is 202 Å². The van der Waals surface area contributed by atoms with Crippen LogP contribution >= 0.6 is 0 Å². The van der Waals surface area contributed by atoms with Crippen LogP contribution in [0.15, 0.2) is 79.5 Å². The maximum absolute atomic E-state index is 13.9. The van der Waals surface area contributed by atoms with Gasteiger partial charge in [-0.25, -0.2) is 52.7 Å². The third-order valence-corrected chi connectivity index (χ3v) is 15.8. The van der Waals surface area contributed by atoms with Crippen LogP contribution in [-0.4, -0.2) is 163 Å². The molecule has 5 aromatic rings. The molecule has 0 amide bonds. The van der Waals surface area contributed by atoms with Gasteiger partial charge in [0, 0.05) is 157 Å². The Labute approximate surface area is 700 Å². The van der Waals surface area contributed by atoms with Gasteiger partial charge in [-0.2, -0.15) is 175 Å². The van der Waals surface area contributed by atoms with Gasteiger partial charge in [0.05, 0.1) is 0 Å². The van der Waals surface area contributed by atoms with E-state index in [1.54, 1.807) is 0 Å². The Morgan fingerprint density at radius 2 is 0.613 bits per heavy atom. The number of hydrogen-bond acceptors (Lipinski definition) is 7. The van der Waals surface area contributed by atoms with Crippen LogP contribution in [0, 0.1) is 55.9 Å². The monoisotopic (exact) mass is 2690 g/mol. The average Bonchev–Trinajstić information content (AvgIpc) is 0.726. The maximum Gasteiger partial charge on any atom is 0.420 e. The van der Waals surface area contributed by atoms with E-state index in [4.69, 9.17) is 0 Å². The van der Waals surface area contributed by atoms with Gasteiger partial charge in [-0.15, -0.1) is 40.0 Å². The summed E-state index contributed by atoms with van der Waals surface area (Å²) in [4.78, 5) is 28.0. The van der Waals surface area contributed by atoms with Gasteiger partial charge in [-0.05, 0) is 38.5 Å². The van der Waals surface area contributed by atoms with E-state index >= 15 is 0 Å². The Morgan fingerprint density at radius 3 is 0.882 bits per heavy atom. The van der Waals surface area contributed by atoms with Crippen LogP contribution in [0.3, 0.4) is 0 Å². The molecule has 0 saturated heterocycles. The van der Waals surface area contributed by atoms with Crippen molar-refractivity contribution in [3.8, 4) is 0 Å². The van der Waals surface area contributed by atoms with Crippen molar-refractivity contribution in [2.45, 2.75) is 145 Å². The van der Waals surface area contributed by atoms with Crippen molar-refractivity contribution < 1.29 is 303 Å². The summed E-state index contributed by atoms with van der Waals surface area (Å²) < 4.78 is 594.